The van der Waals surface area contributed by atoms with Crippen LogP contribution in [0.4, 0.5) is 0 Å². The van der Waals surface area contributed by atoms with Crippen molar-refractivity contribution in [3.8, 4) is 0 Å². The van der Waals surface area contributed by atoms with Crippen LogP contribution >= 0.6 is 11.6 Å². The number of rotatable bonds is 7. The number of hydrogen-bond acceptors (Lipinski definition) is 4. The zero-order valence-corrected chi connectivity index (χ0v) is 12.9. The number of carbonyl (C=O) groups excluding carboxylic acids is 1. The van der Waals surface area contributed by atoms with Crippen LogP contribution in [-0.4, -0.2) is 31.9 Å². The van der Waals surface area contributed by atoms with Crippen molar-refractivity contribution in [2.75, 3.05) is 19.8 Å². The predicted molar refractivity (Wildman–Crippen MR) is 81.2 cm³/mol. The molecule has 2 atom stereocenters. The first-order chi connectivity index (χ1) is 10.1. The SMILES string of the molecule is CCOC(=O)C=Cc1ccc(Cl)cc1[C@@H](C)OC[C@H]1CO1. The van der Waals surface area contributed by atoms with Gasteiger partial charge in [0.05, 0.1) is 25.9 Å². The Morgan fingerprint density at radius 2 is 2.33 bits per heavy atom. The third-order valence-corrected chi connectivity index (χ3v) is 3.34. The Hall–Kier alpha value is -1.36. The zero-order chi connectivity index (χ0) is 15.2. The maximum absolute atomic E-state index is 11.4. The van der Waals surface area contributed by atoms with E-state index in [0.717, 1.165) is 17.7 Å². The number of esters is 1. The van der Waals surface area contributed by atoms with Crippen molar-refractivity contribution in [2.24, 2.45) is 0 Å². The van der Waals surface area contributed by atoms with Crippen molar-refractivity contribution < 1.29 is 19.0 Å². The summed E-state index contributed by atoms with van der Waals surface area (Å²) in [6, 6.07) is 5.50. The van der Waals surface area contributed by atoms with Crippen molar-refractivity contribution in [2.45, 2.75) is 26.1 Å². The van der Waals surface area contributed by atoms with Gasteiger partial charge in [-0.05, 0) is 43.2 Å². The molecule has 0 saturated carbocycles. The third kappa shape index (κ3) is 5.16. The monoisotopic (exact) mass is 310 g/mol. The van der Waals surface area contributed by atoms with Gasteiger partial charge in [-0.3, -0.25) is 0 Å². The van der Waals surface area contributed by atoms with E-state index in [1.54, 1.807) is 19.1 Å². The minimum atomic E-state index is -0.363. The molecule has 0 bridgehead atoms. The second kappa shape index (κ2) is 7.59. The smallest absolute Gasteiger partial charge is 0.330 e. The number of epoxide rings is 1. The van der Waals surface area contributed by atoms with Crippen LogP contribution in [0.1, 0.15) is 31.1 Å². The molecule has 0 radical (unpaired) electrons. The van der Waals surface area contributed by atoms with Gasteiger partial charge in [0.25, 0.3) is 0 Å². The number of benzene rings is 1. The summed E-state index contributed by atoms with van der Waals surface area (Å²) in [6.07, 6.45) is 3.21. The molecule has 5 heteroatoms. The van der Waals surface area contributed by atoms with Crippen LogP contribution in [0.5, 0.6) is 0 Å². The number of hydrogen-bond donors (Lipinski definition) is 0. The van der Waals surface area contributed by atoms with E-state index in [0.29, 0.717) is 18.2 Å². The van der Waals surface area contributed by atoms with E-state index in [2.05, 4.69) is 0 Å². The van der Waals surface area contributed by atoms with E-state index in [1.165, 1.54) is 6.08 Å². The average molecular weight is 311 g/mol. The fourth-order valence-electron chi connectivity index (χ4n) is 1.90. The van der Waals surface area contributed by atoms with Gasteiger partial charge in [0.2, 0.25) is 0 Å². The van der Waals surface area contributed by atoms with E-state index in [-0.39, 0.29) is 18.2 Å². The average Bonchev–Trinajstić information content (AvgIpc) is 3.28. The summed E-state index contributed by atoms with van der Waals surface area (Å²) in [5.41, 5.74) is 1.82. The highest BCUT2D eigenvalue weighted by Crippen LogP contribution is 2.27. The molecule has 0 N–H and O–H groups in total. The molecular weight excluding hydrogens is 292 g/mol. The third-order valence-electron chi connectivity index (χ3n) is 3.11. The van der Waals surface area contributed by atoms with Crippen LogP contribution in [-0.2, 0) is 19.0 Å². The van der Waals surface area contributed by atoms with Gasteiger partial charge in [-0.1, -0.05) is 17.7 Å². The molecule has 4 nitrogen and oxygen atoms in total. The molecule has 0 unspecified atom stereocenters. The number of halogens is 1. The highest BCUT2D eigenvalue weighted by molar-refractivity contribution is 6.30. The molecule has 21 heavy (non-hydrogen) atoms. The minimum absolute atomic E-state index is 0.130. The van der Waals surface area contributed by atoms with Gasteiger partial charge in [0.1, 0.15) is 6.10 Å². The lowest BCUT2D eigenvalue weighted by atomic mass is 10.0. The van der Waals surface area contributed by atoms with Crippen LogP contribution in [0.2, 0.25) is 5.02 Å². The van der Waals surface area contributed by atoms with Gasteiger partial charge in [-0.2, -0.15) is 0 Å². The molecule has 2 rings (SSSR count). The molecule has 1 fully saturated rings. The Morgan fingerprint density at radius 1 is 1.57 bits per heavy atom. The largest absolute Gasteiger partial charge is 0.463 e. The second-order valence-electron chi connectivity index (χ2n) is 4.79. The number of carbonyl (C=O) groups is 1. The van der Waals surface area contributed by atoms with Crippen molar-refractivity contribution in [1.29, 1.82) is 0 Å². The first kappa shape index (κ1) is 16.0. The van der Waals surface area contributed by atoms with Gasteiger partial charge in [0, 0.05) is 11.1 Å². The van der Waals surface area contributed by atoms with Crippen LogP contribution in [0, 0.1) is 0 Å². The molecule has 114 valence electrons. The molecule has 1 aromatic carbocycles. The quantitative estimate of drug-likeness (QED) is 0.440. The summed E-state index contributed by atoms with van der Waals surface area (Å²) in [4.78, 5) is 11.4. The fourth-order valence-corrected chi connectivity index (χ4v) is 2.08. The van der Waals surface area contributed by atoms with Gasteiger partial charge in [-0.15, -0.1) is 0 Å². The normalized spacial score (nSPS) is 18.7. The van der Waals surface area contributed by atoms with Crippen molar-refractivity contribution in [1.82, 2.24) is 0 Å². The molecular formula is C16H19ClO4. The summed E-state index contributed by atoms with van der Waals surface area (Å²) in [5.74, 6) is -0.363. The predicted octanol–water partition coefficient (Wildman–Crippen LogP) is 3.39. The van der Waals surface area contributed by atoms with Crippen LogP contribution in [0.15, 0.2) is 24.3 Å². The van der Waals surface area contributed by atoms with E-state index in [1.807, 2.05) is 19.1 Å². The highest BCUT2D eigenvalue weighted by atomic mass is 35.5. The van der Waals surface area contributed by atoms with Crippen LogP contribution < -0.4 is 0 Å². The van der Waals surface area contributed by atoms with E-state index >= 15 is 0 Å². The first-order valence-corrected chi connectivity index (χ1v) is 7.35. The molecule has 1 heterocycles. The summed E-state index contributed by atoms with van der Waals surface area (Å²) < 4.78 is 15.8. The molecule has 0 aliphatic carbocycles. The lowest BCUT2D eigenvalue weighted by Gasteiger charge is -2.16. The maximum atomic E-state index is 11.4. The Kier molecular flexibility index (Phi) is 5.79. The Labute approximate surface area is 129 Å². The topological polar surface area (TPSA) is 48.1 Å². The van der Waals surface area contributed by atoms with E-state index < -0.39 is 0 Å². The minimum Gasteiger partial charge on any atom is -0.463 e. The van der Waals surface area contributed by atoms with Gasteiger partial charge in [-0.25, -0.2) is 4.79 Å². The number of ether oxygens (including phenoxy) is 3. The first-order valence-electron chi connectivity index (χ1n) is 6.97. The molecule has 1 aromatic rings. The molecule has 1 aliphatic heterocycles. The zero-order valence-electron chi connectivity index (χ0n) is 12.2. The molecule has 1 saturated heterocycles. The van der Waals surface area contributed by atoms with E-state index in [9.17, 15) is 4.79 Å². The molecule has 1 aliphatic rings. The lowest BCUT2D eigenvalue weighted by molar-refractivity contribution is -0.137. The summed E-state index contributed by atoms with van der Waals surface area (Å²) >= 11 is 6.05. The van der Waals surface area contributed by atoms with Gasteiger partial charge in [0.15, 0.2) is 0 Å². The Bertz CT molecular complexity index is 523. The lowest BCUT2D eigenvalue weighted by Crippen LogP contribution is -2.07. The van der Waals surface area contributed by atoms with Gasteiger partial charge >= 0.3 is 5.97 Å². The summed E-state index contributed by atoms with van der Waals surface area (Å²) in [6.45, 7) is 5.41. The second-order valence-corrected chi connectivity index (χ2v) is 5.23. The van der Waals surface area contributed by atoms with Crippen LogP contribution in [0.3, 0.4) is 0 Å². The Morgan fingerprint density at radius 3 is 3.00 bits per heavy atom. The van der Waals surface area contributed by atoms with Crippen molar-refractivity contribution in [3.05, 3.63) is 40.4 Å². The molecule has 0 amide bonds. The summed E-state index contributed by atoms with van der Waals surface area (Å²) in [7, 11) is 0. The molecule has 0 spiro atoms. The van der Waals surface area contributed by atoms with E-state index in [4.69, 9.17) is 25.8 Å². The highest BCUT2D eigenvalue weighted by Gasteiger charge is 2.24. The summed E-state index contributed by atoms with van der Waals surface area (Å²) in [5, 5.41) is 0.636. The van der Waals surface area contributed by atoms with Crippen molar-refractivity contribution in [3.63, 3.8) is 0 Å². The standard InChI is InChI=1S/C16H19ClO4/c1-3-19-16(18)7-5-12-4-6-13(17)8-15(12)11(2)20-9-14-10-21-14/h4-8,11,14H,3,9-10H2,1-2H3/t11-,14+/m1/s1. The van der Waals surface area contributed by atoms with Crippen LogP contribution in [0.25, 0.3) is 6.08 Å². The van der Waals surface area contributed by atoms with Crippen molar-refractivity contribution >= 4 is 23.6 Å². The van der Waals surface area contributed by atoms with Gasteiger partial charge < -0.3 is 14.2 Å². The fraction of sp³-hybridized carbons (Fsp3) is 0.438. The Balaban J connectivity index is 2.09. The maximum Gasteiger partial charge on any atom is 0.330 e. The molecule has 0 aromatic heterocycles.